The van der Waals surface area contributed by atoms with Crippen molar-refractivity contribution in [3.05, 3.63) is 34.1 Å². The van der Waals surface area contributed by atoms with Crippen molar-refractivity contribution < 1.29 is 13.3 Å². The van der Waals surface area contributed by atoms with E-state index in [1.165, 1.54) is 16.4 Å². The van der Waals surface area contributed by atoms with Crippen LogP contribution in [0.25, 0.3) is 0 Å². The summed E-state index contributed by atoms with van der Waals surface area (Å²) in [5.74, 6) is 0.826. The molecule has 1 fully saturated rings. The van der Waals surface area contributed by atoms with Crippen LogP contribution in [0.4, 0.5) is 5.69 Å². The second-order valence-electron chi connectivity index (χ2n) is 6.85. The van der Waals surface area contributed by atoms with Crippen LogP contribution in [0, 0.1) is 10.1 Å². The molecule has 1 N–H and O–H groups in total. The van der Waals surface area contributed by atoms with E-state index < -0.39 is 14.9 Å². The molecule has 0 atom stereocenters. The van der Waals surface area contributed by atoms with Crippen molar-refractivity contribution in [1.82, 2.24) is 24.4 Å². The van der Waals surface area contributed by atoms with E-state index in [9.17, 15) is 18.5 Å². The number of nitrogens with zero attached hydrogens (tertiary/aromatic N) is 5. The molecule has 0 spiro atoms. The van der Waals surface area contributed by atoms with E-state index in [4.69, 9.17) is 0 Å². The van der Waals surface area contributed by atoms with Crippen LogP contribution in [-0.4, -0.2) is 71.0 Å². The molecule has 0 radical (unpaired) electrons. The number of benzene rings is 1. The third-order valence-corrected chi connectivity index (χ3v) is 7.28. The zero-order valence-electron chi connectivity index (χ0n) is 15.8. The van der Waals surface area contributed by atoms with E-state index in [0.717, 1.165) is 17.8 Å². The van der Waals surface area contributed by atoms with Crippen molar-refractivity contribution in [3.63, 3.8) is 0 Å². The van der Waals surface area contributed by atoms with E-state index in [2.05, 4.69) is 15.2 Å². The minimum Gasteiger partial charge on any atom is -0.304 e. The Balaban J connectivity index is 1.89. The van der Waals surface area contributed by atoms with Crippen molar-refractivity contribution in [2.24, 2.45) is 0 Å². The normalized spacial score (nSPS) is 16.6. The average molecular weight is 427 g/mol. The van der Waals surface area contributed by atoms with Crippen molar-refractivity contribution in [1.29, 1.82) is 0 Å². The van der Waals surface area contributed by atoms with Crippen molar-refractivity contribution >= 4 is 27.5 Å². The number of aromatic nitrogens is 3. The minimum absolute atomic E-state index is 0.0778. The molecule has 1 aromatic carbocycles. The molecule has 2 aromatic rings. The maximum absolute atomic E-state index is 12.9. The second kappa shape index (κ2) is 8.15. The predicted molar refractivity (Wildman–Crippen MR) is 104 cm³/mol. The predicted octanol–water partition coefficient (Wildman–Crippen LogP) is 1.92. The van der Waals surface area contributed by atoms with Crippen LogP contribution in [0.1, 0.15) is 25.6 Å². The lowest BCUT2D eigenvalue weighted by molar-refractivity contribution is -0.388. The average Bonchev–Trinajstić information content (AvgIpc) is 3.11. The number of hydrogen-bond donors (Lipinski definition) is 1. The Kier molecular flexibility index (Phi) is 6.03. The molecular formula is C16H22N6O4S2. The van der Waals surface area contributed by atoms with E-state index >= 15 is 0 Å². The number of piperazine rings is 1. The molecule has 12 heteroatoms. The second-order valence-corrected chi connectivity index (χ2v) is 9.80. The molecule has 0 bridgehead atoms. The molecule has 0 aliphatic carbocycles. The zero-order valence-corrected chi connectivity index (χ0v) is 17.5. The van der Waals surface area contributed by atoms with Gasteiger partial charge in [-0.2, -0.15) is 4.31 Å². The Morgan fingerprint density at radius 1 is 1.25 bits per heavy atom. The molecule has 10 nitrogen and oxygen atoms in total. The van der Waals surface area contributed by atoms with Gasteiger partial charge in [-0.1, -0.05) is 13.8 Å². The van der Waals surface area contributed by atoms with Gasteiger partial charge in [-0.25, -0.2) is 13.4 Å². The van der Waals surface area contributed by atoms with Crippen LogP contribution in [0.2, 0.25) is 0 Å². The molecule has 1 saturated heterocycles. The van der Waals surface area contributed by atoms with Crippen LogP contribution < -0.4 is 0 Å². The van der Waals surface area contributed by atoms with Gasteiger partial charge >= 0.3 is 0 Å². The van der Waals surface area contributed by atoms with Crippen LogP contribution in [0.5, 0.6) is 0 Å². The number of nitrogens with one attached hydrogen (secondary N) is 1. The maximum Gasteiger partial charge on any atom is 0.284 e. The van der Waals surface area contributed by atoms with Gasteiger partial charge < -0.3 is 4.90 Å². The molecule has 1 aliphatic rings. The number of likely N-dealkylation sites (N-methyl/N-ethyl adjacent to an activating group) is 1. The van der Waals surface area contributed by atoms with Gasteiger partial charge in [0.2, 0.25) is 15.2 Å². The van der Waals surface area contributed by atoms with Crippen molar-refractivity contribution in [2.75, 3.05) is 33.2 Å². The number of H-pyrrole nitrogens is 1. The summed E-state index contributed by atoms with van der Waals surface area (Å²) >= 11 is 1.03. The number of rotatable bonds is 6. The number of nitro groups is 1. The van der Waals surface area contributed by atoms with Crippen LogP contribution in [0.15, 0.2) is 33.1 Å². The maximum atomic E-state index is 12.9. The zero-order chi connectivity index (χ0) is 20.5. The quantitative estimate of drug-likeness (QED) is 0.548. The van der Waals surface area contributed by atoms with Gasteiger partial charge in [0.1, 0.15) is 5.82 Å². The van der Waals surface area contributed by atoms with Gasteiger partial charge in [-0.15, -0.1) is 5.10 Å². The lowest BCUT2D eigenvalue weighted by atomic mass is 10.2. The Bertz CT molecular complexity index is 967. The Morgan fingerprint density at radius 3 is 2.50 bits per heavy atom. The molecule has 3 rings (SSSR count). The first kappa shape index (κ1) is 20.7. The summed E-state index contributed by atoms with van der Waals surface area (Å²) in [6, 6.07) is 3.96. The monoisotopic (exact) mass is 426 g/mol. The smallest absolute Gasteiger partial charge is 0.284 e. The third-order valence-electron chi connectivity index (χ3n) is 4.46. The summed E-state index contributed by atoms with van der Waals surface area (Å²) in [6.45, 7) is 5.87. The van der Waals surface area contributed by atoms with E-state index in [-0.39, 0.29) is 21.4 Å². The fraction of sp³-hybridized carbons (Fsp3) is 0.500. The molecule has 0 saturated carbocycles. The highest BCUT2D eigenvalue weighted by Crippen LogP contribution is 2.35. The highest BCUT2D eigenvalue weighted by molar-refractivity contribution is 7.99. The van der Waals surface area contributed by atoms with Gasteiger partial charge in [-0.05, 0) is 30.9 Å². The van der Waals surface area contributed by atoms with Gasteiger partial charge in [-0.3, -0.25) is 15.2 Å². The summed E-state index contributed by atoms with van der Waals surface area (Å²) in [5.41, 5.74) is -0.281. The molecule has 2 heterocycles. The molecular weight excluding hydrogens is 404 g/mol. The van der Waals surface area contributed by atoms with Gasteiger partial charge in [0.05, 0.1) is 14.7 Å². The van der Waals surface area contributed by atoms with E-state index in [0.29, 0.717) is 37.2 Å². The van der Waals surface area contributed by atoms with Crippen molar-refractivity contribution in [3.8, 4) is 0 Å². The first-order valence-electron chi connectivity index (χ1n) is 8.75. The van der Waals surface area contributed by atoms with Crippen LogP contribution in [-0.2, 0) is 10.0 Å². The van der Waals surface area contributed by atoms with Crippen LogP contribution in [0.3, 0.4) is 0 Å². The SMILES string of the molecule is CC(C)c1nc(Sc2ccc(S(=O)(=O)N3CCN(C)CC3)cc2[N+](=O)[O-])n[nH]1. The van der Waals surface area contributed by atoms with Gasteiger partial charge in [0.25, 0.3) is 5.69 Å². The fourth-order valence-electron chi connectivity index (χ4n) is 2.72. The summed E-state index contributed by atoms with van der Waals surface area (Å²) in [4.78, 5) is 17.5. The first-order valence-corrected chi connectivity index (χ1v) is 11.0. The van der Waals surface area contributed by atoms with E-state index in [1.54, 1.807) is 0 Å². The largest absolute Gasteiger partial charge is 0.304 e. The molecule has 1 aromatic heterocycles. The topological polar surface area (TPSA) is 125 Å². The number of aromatic amines is 1. The number of hydrogen-bond acceptors (Lipinski definition) is 8. The van der Waals surface area contributed by atoms with Crippen molar-refractivity contribution in [2.45, 2.75) is 34.7 Å². The lowest BCUT2D eigenvalue weighted by Gasteiger charge is -2.31. The van der Waals surface area contributed by atoms with Crippen LogP contribution >= 0.6 is 11.8 Å². The first-order chi connectivity index (χ1) is 13.2. The fourth-order valence-corrected chi connectivity index (χ4v) is 4.97. The summed E-state index contributed by atoms with van der Waals surface area (Å²) in [6.07, 6.45) is 0. The minimum atomic E-state index is -3.78. The Labute approximate surface area is 167 Å². The molecule has 1 aliphatic heterocycles. The Hall–Kier alpha value is -2.02. The molecule has 0 unspecified atom stereocenters. The summed E-state index contributed by atoms with van der Waals surface area (Å²) < 4.78 is 27.1. The summed E-state index contributed by atoms with van der Waals surface area (Å²) in [7, 11) is -1.86. The highest BCUT2D eigenvalue weighted by atomic mass is 32.2. The molecule has 28 heavy (non-hydrogen) atoms. The lowest BCUT2D eigenvalue weighted by Crippen LogP contribution is -2.47. The number of sulfonamides is 1. The summed E-state index contributed by atoms with van der Waals surface area (Å²) in [5, 5.41) is 18.8. The van der Waals surface area contributed by atoms with Gasteiger partial charge in [0.15, 0.2) is 0 Å². The third kappa shape index (κ3) is 4.35. The van der Waals surface area contributed by atoms with Gasteiger partial charge in [0, 0.05) is 38.2 Å². The number of nitro benzene ring substituents is 1. The molecule has 0 amide bonds. The highest BCUT2D eigenvalue weighted by Gasteiger charge is 2.30. The standard InChI is InChI=1S/C16H22N6O4S2/c1-11(2)15-17-16(19-18-15)27-14-5-4-12(10-13(14)22(23)24)28(25,26)21-8-6-20(3)7-9-21/h4-5,10-11H,6-9H2,1-3H3,(H,17,18,19). The Morgan fingerprint density at radius 2 is 1.93 bits per heavy atom. The molecule has 152 valence electrons. The van der Waals surface area contributed by atoms with E-state index in [1.807, 2.05) is 25.8 Å².